The average molecular weight is 427 g/mol. The van der Waals surface area contributed by atoms with Gasteiger partial charge in [0.1, 0.15) is 0 Å². The summed E-state index contributed by atoms with van der Waals surface area (Å²) in [6.45, 7) is 8.89. The van der Waals surface area contributed by atoms with Crippen molar-refractivity contribution in [3.63, 3.8) is 0 Å². The summed E-state index contributed by atoms with van der Waals surface area (Å²) in [6.07, 6.45) is 0. The van der Waals surface area contributed by atoms with Crippen molar-refractivity contribution in [1.29, 1.82) is 0 Å². The van der Waals surface area contributed by atoms with Gasteiger partial charge in [0.25, 0.3) is 0 Å². The molecule has 0 N–H and O–H groups in total. The second-order valence-electron chi connectivity index (χ2n) is 7.78. The summed E-state index contributed by atoms with van der Waals surface area (Å²) in [7, 11) is 3.75. The lowest BCUT2D eigenvalue weighted by molar-refractivity contribution is 1.22. The predicted molar refractivity (Wildman–Crippen MR) is 134 cm³/mol. The molecule has 0 amide bonds. The summed E-state index contributed by atoms with van der Waals surface area (Å²) in [5.74, 6) is 0. The summed E-state index contributed by atoms with van der Waals surface area (Å²) in [4.78, 5) is 2.73. The molecule has 0 aromatic heterocycles. The molecule has 0 heterocycles. The van der Waals surface area contributed by atoms with Gasteiger partial charge in [-0.25, -0.2) is 0 Å². The molecule has 0 radical (unpaired) electrons. The molecule has 0 nitrogen and oxygen atoms in total. The number of aryl methyl sites for hydroxylation is 4. The van der Waals surface area contributed by atoms with E-state index >= 15 is 0 Å². The maximum absolute atomic E-state index is 2.31. The molecule has 0 bridgehead atoms. The highest BCUT2D eigenvalue weighted by atomic mass is 33.1. The Bertz CT molecular complexity index is 1020. The van der Waals surface area contributed by atoms with Gasteiger partial charge in [-0.05, 0) is 72.2 Å². The van der Waals surface area contributed by atoms with Gasteiger partial charge < -0.3 is 0 Å². The standard InChI is InChI=1S/C28H26S2/c1-19-15-25(23-11-7-5-8-12-23)16-20(2)27(19)29-30-28-21(3)17-26(18-22(28)4)24-13-9-6-10-14-24/h5-18H,1-4H3. The van der Waals surface area contributed by atoms with Gasteiger partial charge in [0.15, 0.2) is 0 Å². The Morgan fingerprint density at radius 2 is 0.700 bits per heavy atom. The largest absolute Gasteiger partial charge is 0.0622 e. The van der Waals surface area contributed by atoms with Crippen molar-refractivity contribution in [3.8, 4) is 22.3 Å². The van der Waals surface area contributed by atoms with E-state index in [1.807, 2.05) is 21.6 Å². The Kier molecular flexibility index (Phi) is 6.36. The van der Waals surface area contributed by atoms with Gasteiger partial charge in [-0.1, -0.05) is 107 Å². The van der Waals surface area contributed by atoms with Gasteiger partial charge in [0.2, 0.25) is 0 Å². The van der Waals surface area contributed by atoms with Crippen molar-refractivity contribution >= 4 is 21.6 Å². The number of hydrogen-bond donors (Lipinski definition) is 0. The Labute approximate surface area is 188 Å². The fourth-order valence-electron chi connectivity index (χ4n) is 3.84. The minimum Gasteiger partial charge on any atom is -0.0622 e. The van der Waals surface area contributed by atoms with Crippen LogP contribution >= 0.6 is 21.6 Å². The zero-order chi connectivity index (χ0) is 21.1. The molecule has 0 spiro atoms. The molecule has 0 aliphatic heterocycles. The van der Waals surface area contributed by atoms with Gasteiger partial charge in [0, 0.05) is 9.79 Å². The molecule has 0 aliphatic carbocycles. The van der Waals surface area contributed by atoms with Crippen LogP contribution in [-0.4, -0.2) is 0 Å². The van der Waals surface area contributed by atoms with Crippen LogP contribution < -0.4 is 0 Å². The van der Waals surface area contributed by atoms with Crippen LogP contribution in [-0.2, 0) is 0 Å². The second-order valence-corrected chi connectivity index (χ2v) is 9.93. The highest BCUT2D eigenvalue weighted by Gasteiger charge is 2.12. The van der Waals surface area contributed by atoms with E-state index in [2.05, 4.69) is 113 Å². The van der Waals surface area contributed by atoms with Crippen LogP contribution in [0.5, 0.6) is 0 Å². The first kappa shape index (κ1) is 20.8. The second kappa shape index (κ2) is 9.16. The van der Waals surface area contributed by atoms with Gasteiger partial charge in [-0.15, -0.1) is 0 Å². The van der Waals surface area contributed by atoms with Gasteiger partial charge >= 0.3 is 0 Å². The van der Waals surface area contributed by atoms with Crippen LogP contribution in [0.2, 0.25) is 0 Å². The van der Waals surface area contributed by atoms with E-state index in [-0.39, 0.29) is 0 Å². The molecule has 0 unspecified atom stereocenters. The molecule has 0 aliphatic rings. The summed E-state index contributed by atoms with van der Waals surface area (Å²) in [6, 6.07) is 30.5. The molecule has 150 valence electrons. The third kappa shape index (κ3) is 4.50. The Morgan fingerprint density at radius 3 is 1.00 bits per heavy atom. The number of hydrogen-bond acceptors (Lipinski definition) is 2. The Hall–Kier alpha value is -2.42. The monoisotopic (exact) mass is 426 g/mol. The fourth-order valence-corrected chi connectivity index (χ4v) is 6.85. The summed E-state index contributed by atoms with van der Waals surface area (Å²) in [5, 5.41) is 0. The number of benzene rings is 4. The first-order valence-corrected chi connectivity index (χ1v) is 12.4. The van der Waals surface area contributed by atoms with Crippen LogP contribution in [0.1, 0.15) is 22.3 Å². The minimum absolute atomic E-state index is 1.27. The fraction of sp³-hybridized carbons (Fsp3) is 0.143. The third-order valence-corrected chi connectivity index (χ3v) is 8.30. The summed E-state index contributed by atoms with van der Waals surface area (Å²) >= 11 is 0. The zero-order valence-corrected chi connectivity index (χ0v) is 19.5. The molecule has 30 heavy (non-hydrogen) atoms. The predicted octanol–water partition coefficient (Wildman–Crippen LogP) is 9.05. The number of rotatable bonds is 5. The van der Waals surface area contributed by atoms with E-state index in [0.717, 1.165) is 0 Å². The topological polar surface area (TPSA) is 0 Å². The van der Waals surface area contributed by atoms with Crippen molar-refractivity contribution < 1.29 is 0 Å². The molecule has 4 aromatic rings. The third-order valence-electron chi connectivity index (χ3n) is 5.34. The highest BCUT2D eigenvalue weighted by molar-refractivity contribution is 8.76. The first-order chi connectivity index (χ1) is 14.5. The van der Waals surface area contributed by atoms with Crippen LogP contribution in [0.4, 0.5) is 0 Å². The molecular formula is C28H26S2. The highest BCUT2D eigenvalue weighted by Crippen LogP contribution is 2.45. The van der Waals surface area contributed by atoms with Crippen LogP contribution in [0, 0.1) is 27.7 Å². The normalized spacial score (nSPS) is 10.9. The van der Waals surface area contributed by atoms with E-state index in [1.54, 1.807) is 0 Å². The van der Waals surface area contributed by atoms with Gasteiger partial charge in [0.05, 0.1) is 0 Å². The van der Waals surface area contributed by atoms with E-state index < -0.39 is 0 Å². The van der Waals surface area contributed by atoms with E-state index in [4.69, 9.17) is 0 Å². The summed E-state index contributed by atoms with van der Waals surface area (Å²) in [5.41, 5.74) is 10.5. The van der Waals surface area contributed by atoms with E-state index in [0.29, 0.717) is 0 Å². The van der Waals surface area contributed by atoms with Crippen LogP contribution in [0.15, 0.2) is 94.7 Å². The lowest BCUT2D eigenvalue weighted by atomic mass is 10.0. The molecular weight excluding hydrogens is 400 g/mol. The van der Waals surface area contributed by atoms with Crippen molar-refractivity contribution in [1.82, 2.24) is 0 Å². The maximum Gasteiger partial charge on any atom is 0.0245 e. The molecule has 0 saturated heterocycles. The first-order valence-electron chi connectivity index (χ1n) is 10.2. The molecule has 2 heteroatoms. The van der Waals surface area contributed by atoms with Gasteiger partial charge in [-0.2, -0.15) is 0 Å². The lowest BCUT2D eigenvalue weighted by Gasteiger charge is -2.15. The minimum atomic E-state index is 1.27. The average Bonchev–Trinajstić information content (AvgIpc) is 2.75. The van der Waals surface area contributed by atoms with Crippen LogP contribution in [0.3, 0.4) is 0 Å². The molecule has 4 rings (SSSR count). The van der Waals surface area contributed by atoms with Crippen molar-refractivity contribution in [3.05, 3.63) is 107 Å². The van der Waals surface area contributed by atoms with E-state index in [1.165, 1.54) is 54.3 Å². The molecule has 0 saturated carbocycles. The lowest BCUT2D eigenvalue weighted by Crippen LogP contribution is -1.89. The van der Waals surface area contributed by atoms with Crippen molar-refractivity contribution in [2.45, 2.75) is 37.5 Å². The molecule has 0 atom stereocenters. The Balaban J connectivity index is 1.58. The van der Waals surface area contributed by atoms with E-state index in [9.17, 15) is 0 Å². The SMILES string of the molecule is Cc1cc(-c2ccccc2)cc(C)c1SSc1c(C)cc(-c2ccccc2)cc1C. The Morgan fingerprint density at radius 1 is 0.400 bits per heavy atom. The van der Waals surface area contributed by atoms with Crippen molar-refractivity contribution in [2.75, 3.05) is 0 Å². The summed E-state index contributed by atoms with van der Waals surface area (Å²) < 4.78 is 0. The quantitative estimate of drug-likeness (QED) is 0.292. The maximum atomic E-state index is 2.31. The molecule has 4 aromatic carbocycles. The van der Waals surface area contributed by atoms with Gasteiger partial charge in [-0.3, -0.25) is 0 Å². The van der Waals surface area contributed by atoms with Crippen LogP contribution in [0.25, 0.3) is 22.3 Å². The zero-order valence-electron chi connectivity index (χ0n) is 17.9. The van der Waals surface area contributed by atoms with Crippen molar-refractivity contribution in [2.24, 2.45) is 0 Å². The molecule has 0 fully saturated rings. The smallest absolute Gasteiger partial charge is 0.0245 e.